The van der Waals surface area contributed by atoms with Gasteiger partial charge in [0.15, 0.2) is 5.82 Å². The van der Waals surface area contributed by atoms with Crippen LogP contribution in [0.1, 0.15) is 36.7 Å². The number of H-pyrrole nitrogens is 1. The molecule has 2 rings (SSSR count). The van der Waals surface area contributed by atoms with Gasteiger partial charge in [-0.15, -0.1) is 5.10 Å². The number of tetrazole rings is 1. The molecule has 0 saturated heterocycles. The first-order valence-corrected chi connectivity index (χ1v) is 5.07. The monoisotopic (exact) mass is 202 g/mol. The zero-order valence-corrected chi connectivity index (χ0v) is 8.94. The largest absolute Gasteiger partial charge is 0.243 e. The average Bonchev–Trinajstić information content (AvgIpc) is 2.71. The van der Waals surface area contributed by atoms with Crippen LogP contribution < -0.4 is 0 Å². The van der Waals surface area contributed by atoms with Crippen LogP contribution in [0.2, 0.25) is 0 Å². The molecular weight excluding hydrogens is 188 g/mol. The molecule has 78 valence electrons. The summed E-state index contributed by atoms with van der Waals surface area (Å²) in [5.74, 6) is 1.37. The Balaban J connectivity index is 2.11. The maximum Gasteiger partial charge on any atom is 0.152 e. The fourth-order valence-corrected chi connectivity index (χ4v) is 1.47. The number of aromatic amines is 1. The van der Waals surface area contributed by atoms with Crippen LogP contribution in [0.25, 0.3) is 0 Å². The van der Waals surface area contributed by atoms with Crippen LogP contribution in [-0.2, 0) is 6.42 Å². The number of nitrogens with zero attached hydrogens (tertiary/aromatic N) is 3. The van der Waals surface area contributed by atoms with Gasteiger partial charge in [0.25, 0.3) is 0 Å². The number of nitrogens with one attached hydrogen (secondary N) is 1. The molecule has 0 amide bonds. The lowest BCUT2D eigenvalue weighted by atomic mass is 10.0. The lowest BCUT2D eigenvalue weighted by Crippen LogP contribution is -1.93. The van der Waals surface area contributed by atoms with Crippen molar-refractivity contribution in [2.45, 2.75) is 26.2 Å². The van der Waals surface area contributed by atoms with Crippen molar-refractivity contribution in [3.05, 3.63) is 41.2 Å². The Kier molecular flexibility index (Phi) is 2.76. The van der Waals surface area contributed by atoms with Gasteiger partial charge in [-0.05, 0) is 27.5 Å². The van der Waals surface area contributed by atoms with E-state index in [0.29, 0.717) is 5.92 Å². The van der Waals surface area contributed by atoms with E-state index in [9.17, 15) is 0 Å². The first-order chi connectivity index (χ1) is 7.25. The van der Waals surface area contributed by atoms with E-state index in [1.165, 1.54) is 11.1 Å². The highest BCUT2D eigenvalue weighted by Crippen LogP contribution is 2.15. The minimum atomic E-state index is 0.575. The van der Waals surface area contributed by atoms with Gasteiger partial charge in [-0.3, -0.25) is 0 Å². The average molecular weight is 202 g/mol. The van der Waals surface area contributed by atoms with Gasteiger partial charge in [-0.25, -0.2) is 5.10 Å². The number of benzene rings is 1. The van der Waals surface area contributed by atoms with Crippen molar-refractivity contribution in [2.75, 3.05) is 0 Å². The summed E-state index contributed by atoms with van der Waals surface area (Å²) in [5.41, 5.74) is 2.58. The van der Waals surface area contributed by atoms with Crippen LogP contribution in [-0.4, -0.2) is 20.6 Å². The molecule has 0 radical (unpaired) electrons. The summed E-state index contributed by atoms with van der Waals surface area (Å²) in [6.07, 6.45) is 0.755. The van der Waals surface area contributed by atoms with E-state index in [0.717, 1.165) is 12.2 Å². The quantitative estimate of drug-likeness (QED) is 0.827. The molecule has 4 heteroatoms. The molecule has 0 bridgehead atoms. The van der Waals surface area contributed by atoms with E-state index in [-0.39, 0.29) is 0 Å². The molecule has 0 aliphatic rings. The third-order valence-corrected chi connectivity index (χ3v) is 2.41. The third kappa shape index (κ3) is 2.40. The molecule has 2 aromatic rings. The molecule has 1 heterocycles. The Labute approximate surface area is 88.7 Å². The molecule has 0 unspecified atom stereocenters. The van der Waals surface area contributed by atoms with Crippen molar-refractivity contribution in [3.63, 3.8) is 0 Å². The van der Waals surface area contributed by atoms with E-state index >= 15 is 0 Å². The molecule has 1 aromatic heterocycles. The van der Waals surface area contributed by atoms with Crippen LogP contribution in [0.5, 0.6) is 0 Å². The van der Waals surface area contributed by atoms with Crippen molar-refractivity contribution in [2.24, 2.45) is 0 Å². The lowest BCUT2D eigenvalue weighted by molar-refractivity contribution is 0.864. The predicted octanol–water partition coefficient (Wildman–Crippen LogP) is 1.91. The number of hydrogen-bond acceptors (Lipinski definition) is 3. The summed E-state index contributed by atoms with van der Waals surface area (Å²) < 4.78 is 0. The zero-order valence-electron chi connectivity index (χ0n) is 8.94. The second kappa shape index (κ2) is 4.21. The highest BCUT2D eigenvalue weighted by molar-refractivity contribution is 5.26. The van der Waals surface area contributed by atoms with Gasteiger partial charge in [-0.1, -0.05) is 38.1 Å². The van der Waals surface area contributed by atoms with Crippen molar-refractivity contribution >= 4 is 0 Å². The normalized spacial score (nSPS) is 10.9. The predicted molar refractivity (Wildman–Crippen MR) is 57.5 cm³/mol. The Morgan fingerprint density at radius 3 is 2.47 bits per heavy atom. The maximum atomic E-state index is 3.85. The summed E-state index contributed by atoms with van der Waals surface area (Å²) in [4.78, 5) is 0. The highest BCUT2D eigenvalue weighted by Gasteiger charge is 2.01. The Morgan fingerprint density at radius 2 is 1.93 bits per heavy atom. The zero-order chi connectivity index (χ0) is 10.7. The van der Waals surface area contributed by atoms with Crippen LogP contribution in [0.15, 0.2) is 24.3 Å². The summed E-state index contributed by atoms with van der Waals surface area (Å²) in [6.45, 7) is 4.38. The summed E-state index contributed by atoms with van der Waals surface area (Å²) >= 11 is 0. The first-order valence-electron chi connectivity index (χ1n) is 5.07. The van der Waals surface area contributed by atoms with Gasteiger partial charge >= 0.3 is 0 Å². The van der Waals surface area contributed by atoms with Crippen LogP contribution >= 0.6 is 0 Å². The van der Waals surface area contributed by atoms with Crippen LogP contribution in [0.3, 0.4) is 0 Å². The third-order valence-electron chi connectivity index (χ3n) is 2.41. The first kappa shape index (κ1) is 9.83. The lowest BCUT2D eigenvalue weighted by Gasteiger charge is -2.05. The molecular formula is C11H14N4. The molecule has 4 nitrogen and oxygen atoms in total. The molecule has 0 spiro atoms. The van der Waals surface area contributed by atoms with Gasteiger partial charge in [0.2, 0.25) is 0 Å². The van der Waals surface area contributed by atoms with Crippen molar-refractivity contribution in [1.29, 1.82) is 0 Å². The summed E-state index contributed by atoms with van der Waals surface area (Å²) in [6, 6.07) is 8.56. The second-order valence-electron chi connectivity index (χ2n) is 3.92. The molecule has 1 aromatic carbocycles. The van der Waals surface area contributed by atoms with Crippen molar-refractivity contribution < 1.29 is 0 Å². The van der Waals surface area contributed by atoms with Crippen LogP contribution in [0.4, 0.5) is 0 Å². The summed E-state index contributed by atoms with van der Waals surface area (Å²) in [5, 5.41) is 13.7. The van der Waals surface area contributed by atoms with E-state index in [2.05, 4.69) is 58.7 Å². The van der Waals surface area contributed by atoms with E-state index in [4.69, 9.17) is 0 Å². The summed E-state index contributed by atoms with van der Waals surface area (Å²) in [7, 11) is 0. The van der Waals surface area contributed by atoms with Gasteiger partial charge in [0.05, 0.1) is 0 Å². The smallest absolute Gasteiger partial charge is 0.152 e. The number of aromatic nitrogens is 4. The highest BCUT2D eigenvalue weighted by atomic mass is 15.5. The molecule has 0 aliphatic heterocycles. The van der Waals surface area contributed by atoms with Gasteiger partial charge in [0, 0.05) is 6.42 Å². The fourth-order valence-electron chi connectivity index (χ4n) is 1.47. The van der Waals surface area contributed by atoms with E-state index in [1.807, 2.05) is 0 Å². The van der Waals surface area contributed by atoms with Gasteiger partial charge in [0.1, 0.15) is 0 Å². The minimum absolute atomic E-state index is 0.575. The Bertz CT molecular complexity index is 403. The molecule has 0 aliphatic carbocycles. The van der Waals surface area contributed by atoms with Crippen molar-refractivity contribution in [3.8, 4) is 0 Å². The number of hydrogen-bond donors (Lipinski definition) is 1. The molecule has 0 saturated carbocycles. The molecule has 0 fully saturated rings. The number of rotatable bonds is 3. The van der Waals surface area contributed by atoms with Gasteiger partial charge < -0.3 is 0 Å². The van der Waals surface area contributed by atoms with E-state index < -0.39 is 0 Å². The van der Waals surface area contributed by atoms with Gasteiger partial charge in [-0.2, -0.15) is 0 Å². The fraction of sp³-hybridized carbons (Fsp3) is 0.364. The standard InChI is InChI=1S/C11H14N4/c1-8(2)10-5-3-9(4-6-10)7-11-12-14-15-13-11/h3-6,8H,7H2,1-2H3,(H,12,13,14,15). The molecule has 0 atom stereocenters. The Morgan fingerprint density at radius 1 is 1.20 bits per heavy atom. The minimum Gasteiger partial charge on any atom is -0.243 e. The van der Waals surface area contributed by atoms with E-state index in [1.54, 1.807) is 0 Å². The van der Waals surface area contributed by atoms with Crippen molar-refractivity contribution in [1.82, 2.24) is 20.6 Å². The maximum absolute atomic E-state index is 3.85. The SMILES string of the molecule is CC(C)c1ccc(Cc2nnn[nH]2)cc1. The Hall–Kier alpha value is -1.71. The molecule has 1 N–H and O–H groups in total. The molecule has 15 heavy (non-hydrogen) atoms. The topological polar surface area (TPSA) is 54.5 Å². The van der Waals surface area contributed by atoms with Crippen LogP contribution in [0, 0.1) is 0 Å². The second-order valence-corrected chi connectivity index (χ2v) is 3.92.